The predicted octanol–water partition coefficient (Wildman–Crippen LogP) is -0.971. The van der Waals surface area contributed by atoms with Crippen molar-refractivity contribution in [3.05, 3.63) is 6.20 Å². The van der Waals surface area contributed by atoms with Crippen LogP contribution in [0.3, 0.4) is 0 Å². The molecule has 1 aromatic heterocycles. The van der Waals surface area contributed by atoms with Crippen molar-refractivity contribution in [2.75, 3.05) is 30.3 Å². The predicted molar refractivity (Wildman–Crippen MR) is 56.6 cm³/mol. The van der Waals surface area contributed by atoms with E-state index in [1.807, 2.05) is 4.90 Å². The van der Waals surface area contributed by atoms with Gasteiger partial charge in [-0.3, -0.25) is 0 Å². The van der Waals surface area contributed by atoms with Crippen molar-refractivity contribution in [1.82, 2.24) is 9.78 Å². The summed E-state index contributed by atoms with van der Waals surface area (Å²) < 4.78 is 1.67. The number of rotatable bonds is 3. The lowest BCUT2D eigenvalue weighted by molar-refractivity contribution is 0.198. The number of aliphatic hydroxyl groups is 2. The Labute approximate surface area is 87.9 Å². The average molecular weight is 212 g/mol. The highest BCUT2D eigenvalue weighted by molar-refractivity contribution is 5.63. The third kappa shape index (κ3) is 1.91. The van der Waals surface area contributed by atoms with Gasteiger partial charge >= 0.3 is 0 Å². The minimum atomic E-state index is -0.290. The van der Waals surface area contributed by atoms with Gasteiger partial charge in [0.05, 0.1) is 31.1 Å². The van der Waals surface area contributed by atoms with Crippen molar-refractivity contribution >= 4 is 11.5 Å². The van der Waals surface area contributed by atoms with E-state index in [2.05, 4.69) is 5.10 Å². The quantitative estimate of drug-likeness (QED) is 0.600. The highest BCUT2D eigenvalue weighted by atomic mass is 16.3. The first-order valence-corrected chi connectivity index (χ1v) is 5.07. The van der Waals surface area contributed by atoms with Crippen LogP contribution in [0.5, 0.6) is 0 Å². The lowest BCUT2D eigenvalue weighted by Gasteiger charge is -2.19. The van der Waals surface area contributed by atoms with Gasteiger partial charge < -0.3 is 20.8 Å². The van der Waals surface area contributed by atoms with Gasteiger partial charge in [0.1, 0.15) is 0 Å². The fourth-order valence-corrected chi connectivity index (χ4v) is 1.93. The number of aliphatic hydroxyl groups excluding tert-OH is 2. The lowest BCUT2D eigenvalue weighted by atomic mass is 10.3. The molecule has 0 radical (unpaired) electrons. The summed E-state index contributed by atoms with van der Waals surface area (Å²) in [5, 5.41) is 22.4. The molecule has 0 saturated carbocycles. The van der Waals surface area contributed by atoms with Gasteiger partial charge in [0.15, 0.2) is 5.82 Å². The van der Waals surface area contributed by atoms with Crippen molar-refractivity contribution in [2.45, 2.75) is 19.1 Å². The monoisotopic (exact) mass is 212 g/mol. The van der Waals surface area contributed by atoms with Crippen LogP contribution < -0.4 is 10.6 Å². The Kier molecular flexibility index (Phi) is 2.79. The first-order valence-electron chi connectivity index (χ1n) is 5.07. The molecule has 1 unspecified atom stereocenters. The van der Waals surface area contributed by atoms with Crippen molar-refractivity contribution in [1.29, 1.82) is 0 Å². The number of β-amino-alcohol motifs (C(OH)–C–C–N with tert-alkyl or cyclic N) is 1. The summed E-state index contributed by atoms with van der Waals surface area (Å²) in [5.74, 6) is 0.806. The second-order valence-corrected chi connectivity index (χ2v) is 3.76. The molecule has 84 valence electrons. The summed E-state index contributed by atoms with van der Waals surface area (Å²) in [4.78, 5) is 2.00. The molecule has 4 N–H and O–H groups in total. The molecule has 1 aliphatic heterocycles. The van der Waals surface area contributed by atoms with E-state index in [0.717, 1.165) is 18.8 Å². The Morgan fingerprint density at radius 1 is 1.60 bits per heavy atom. The molecule has 1 atom stereocenters. The van der Waals surface area contributed by atoms with Crippen LogP contribution in [0.1, 0.15) is 6.42 Å². The average Bonchev–Trinajstić information content (AvgIpc) is 2.74. The van der Waals surface area contributed by atoms with Gasteiger partial charge in [0, 0.05) is 13.1 Å². The molecule has 0 spiro atoms. The number of nitrogens with two attached hydrogens (primary N) is 1. The third-order valence-corrected chi connectivity index (χ3v) is 2.61. The minimum Gasteiger partial charge on any atom is -0.394 e. The maximum atomic E-state index is 9.45. The fourth-order valence-electron chi connectivity index (χ4n) is 1.93. The Hall–Kier alpha value is -1.27. The van der Waals surface area contributed by atoms with E-state index in [1.54, 1.807) is 10.9 Å². The van der Waals surface area contributed by atoms with E-state index >= 15 is 0 Å². The molecule has 6 nitrogen and oxygen atoms in total. The van der Waals surface area contributed by atoms with E-state index in [0.29, 0.717) is 18.8 Å². The maximum absolute atomic E-state index is 9.45. The van der Waals surface area contributed by atoms with Crippen LogP contribution in [0.15, 0.2) is 6.20 Å². The Balaban J connectivity index is 2.21. The standard InChI is InChI=1S/C9H16N4O2/c10-8-5-11-13(3-4-14)9(8)12-2-1-7(15)6-12/h5,7,14-15H,1-4,6,10H2. The molecule has 1 aromatic rings. The molecule has 2 rings (SSSR count). The zero-order valence-corrected chi connectivity index (χ0v) is 8.50. The van der Waals surface area contributed by atoms with Crippen molar-refractivity contribution < 1.29 is 10.2 Å². The molecule has 15 heavy (non-hydrogen) atoms. The molecule has 1 saturated heterocycles. The van der Waals surface area contributed by atoms with Crippen molar-refractivity contribution in [2.24, 2.45) is 0 Å². The molecule has 2 heterocycles. The van der Waals surface area contributed by atoms with Gasteiger partial charge in [-0.1, -0.05) is 0 Å². The van der Waals surface area contributed by atoms with Crippen LogP contribution >= 0.6 is 0 Å². The van der Waals surface area contributed by atoms with E-state index < -0.39 is 0 Å². The van der Waals surface area contributed by atoms with Gasteiger partial charge in [-0.25, -0.2) is 4.68 Å². The number of nitrogen functional groups attached to an aromatic ring is 1. The number of nitrogens with zero attached hydrogens (tertiary/aromatic N) is 3. The smallest absolute Gasteiger partial charge is 0.150 e. The molecule has 0 bridgehead atoms. The van der Waals surface area contributed by atoms with E-state index in [-0.39, 0.29) is 12.7 Å². The van der Waals surface area contributed by atoms with Gasteiger partial charge in [0.2, 0.25) is 0 Å². The minimum absolute atomic E-state index is 0.0323. The first-order chi connectivity index (χ1) is 7.22. The van der Waals surface area contributed by atoms with Gasteiger partial charge in [-0.2, -0.15) is 5.10 Å². The largest absolute Gasteiger partial charge is 0.394 e. The molecule has 0 aromatic carbocycles. The van der Waals surface area contributed by atoms with E-state index in [4.69, 9.17) is 10.8 Å². The first kappa shape index (κ1) is 10.3. The molecule has 0 amide bonds. The highest BCUT2D eigenvalue weighted by Crippen LogP contribution is 2.26. The van der Waals surface area contributed by atoms with Crippen LogP contribution in [0.25, 0.3) is 0 Å². The second-order valence-electron chi connectivity index (χ2n) is 3.76. The topological polar surface area (TPSA) is 87.5 Å². The zero-order valence-electron chi connectivity index (χ0n) is 8.50. The van der Waals surface area contributed by atoms with E-state index in [9.17, 15) is 5.11 Å². The molecule has 1 fully saturated rings. The van der Waals surface area contributed by atoms with Crippen LogP contribution in [0, 0.1) is 0 Å². The number of hydrogen-bond acceptors (Lipinski definition) is 5. The summed E-state index contributed by atoms with van der Waals surface area (Å²) >= 11 is 0. The maximum Gasteiger partial charge on any atom is 0.150 e. The molecular weight excluding hydrogens is 196 g/mol. The van der Waals surface area contributed by atoms with Gasteiger partial charge in [-0.15, -0.1) is 0 Å². The summed E-state index contributed by atoms with van der Waals surface area (Å²) in [7, 11) is 0. The zero-order chi connectivity index (χ0) is 10.8. The third-order valence-electron chi connectivity index (χ3n) is 2.61. The van der Waals surface area contributed by atoms with Crippen molar-refractivity contribution in [3.8, 4) is 0 Å². The second kappa shape index (κ2) is 4.08. The Morgan fingerprint density at radius 2 is 2.40 bits per heavy atom. The number of anilines is 2. The molecule has 6 heteroatoms. The van der Waals surface area contributed by atoms with Crippen LogP contribution in [0.4, 0.5) is 11.5 Å². The lowest BCUT2D eigenvalue weighted by Crippen LogP contribution is -2.25. The summed E-state index contributed by atoms with van der Waals surface area (Å²) in [5.41, 5.74) is 6.40. The summed E-state index contributed by atoms with van der Waals surface area (Å²) in [6.07, 6.45) is 2.04. The molecule has 1 aliphatic rings. The highest BCUT2D eigenvalue weighted by Gasteiger charge is 2.24. The van der Waals surface area contributed by atoms with Crippen LogP contribution in [0.2, 0.25) is 0 Å². The Bertz CT molecular complexity index is 339. The van der Waals surface area contributed by atoms with Crippen LogP contribution in [-0.4, -0.2) is 45.8 Å². The van der Waals surface area contributed by atoms with Crippen LogP contribution in [-0.2, 0) is 6.54 Å². The Morgan fingerprint density at radius 3 is 3.00 bits per heavy atom. The number of aromatic nitrogens is 2. The molecular formula is C9H16N4O2. The summed E-state index contributed by atoms with van der Waals surface area (Å²) in [6, 6.07) is 0. The van der Waals surface area contributed by atoms with Gasteiger partial charge in [0.25, 0.3) is 0 Å². The van der Waals surface area contributed by atoms with E-state index in [1.165, 1.54) is 0 Å². The molecule has 0 aliphatic carbocycles. The SMILES string of the molecule is Nc1cnn(CCO)c1N1CCC(O)C1. The van der Waals surface area contributed by atoms with Crippen molar-refractivity contribution in [3.63, 3.8) is 0 Å². The fraction of sp³-hybridized carbons (Fsp3) is 0.667. The van der Waals surface area contributed by atoms with Gasteiger partial charge in [-0.05, 0) is 6.42 Å². The summed E-state index contributed by atoms with van der Waals surface area (Å²) in [6.45, 7) is 1.83. The number of hydrogen-bond donors (Lipinski definition) is 3. The normalized spacial score (nSPS) is 21.2.